The van der Waals surface area contributed by atoms with Crippen molar-refractivity contribution in [2.24, 2.45) is 5.84 Å². The fourth-order valence-corrected chi connectivity index (χ4v) is 4.49. The summed E-state index contributed by atoms with van der Waals surface area (Å²) in [5.41, 5.74) is 2.95. The summed E-state index contributed by atoms with van der Waals surface area (Å²) in [7, 11) is -4.20. The van der Waals surface area contributed by atoms with Crippen LogP contribution < -0.4 is 10.9 Å². The predicted octanol–water partition coefficient (Wildman–Crippen LogP) is 4.15. The van der Waals surface area contributed by atoms with Crippen LogP contribution in [0.5, 0.6) is 0 Å². The van der Waals surface area contributed by atoms with Crippen molar-refractivity contribution >= 4 is 30.5 Å². The predicted molar refractivity (Wildman–Crippen MR) is 114 cm³/mol. The minimum Gasteiger partial charge on any atom is -0.376 e. The lowest BCUT2D eigenvalue weighted by molar-refractivity contribution is 0.0987. The SMILES string of the molecule is CCOP(=O)(O)C(O)c1ccc(C(=O)N(N)c2cccc(-c3ccsc3)c2)cc1. The Labute approximate surface area is 172 Å². The molecule has 9 heteroatoms. The molecule has 0 aliphatic rings. The fraction of sp³-hybridized carbons (Fsp3) is 0.150. The Morgan fingerprint density at radius 1 is 1.21 bits per heavy atom. The standard InChI is InChI=1S/C20H21N2O5PS/c1-2-27-28(25,26)20(24)15-8-6-14(7-9-15)19(23)22(21)18-5-3-4-16(12-18)17-10-11-29-13-17/h3-13,20,24H,2,21H2,1H3,(H,25,26). The molecule has 1 amide bonds. The third-order valence-corrected chi connectivity index (χ3v) is 6.50. The van der Waals surface area contributed by atoms with Crippen LogP contribution in [0.2, 0.25) is 0 Å². The van der Waals surface area contributed by atoms with Gasteiger partial charge in [0.05, 0.1) is 12.3 Å². The highest BCUT2D eigenvalue weighted by Crippen LogP contribution is 2.54. The number of hydrogen-bond donors (Lipinski definition) is 3. The molecule has 3 aromatic rings. The van der Waals surface area contributed by atoms with E-state index in [1.807, 2.05) is 35.0 Å². The van der Waals surface area contributed by atoms with Gasteiger partial charge >= 0.3 is 7.60 Å². The van der Waals surface area contributed by atoms with Gasteiger partial charge in [0.1, 0.15) is 0 Å². The minimum absolute atomic E-state index is 0.00597. The van der Waals surface area contributed by atoms with Crippen molar-refractivity contribution in [1.29, 1.82) is 0 Å². The Morgan fingerprint density at radius 3 is 2.55 bits per heavy atom. The molecule has 0 spiro atoms. The number of aliphatic hydroxyl groups is 1. The van der Waals surface area contributed by atoms with Crippen LogP contribution >= 0.6 is 18.9 Å². The molecule has 0 saturated carbocycles. The molecular weight excluding hydrogens is 411 g/mol. The number of anilines is 1. The van der Waals surface area contributed by atoms with Crippen LogP contribution in [0.3, 0.4) is 0 Å². The van der Waals surface area contributed by atoms with E-state index in [1.54, 1.807) is 24.3 Å². The van der Waals surface area contributed by atoms with E-state index in [4.69, 9.17) is 10.4 Å². The molecule has 2 aromatic carbocycles. The van der Waals surface area contributed by atoms with E-state index in [0.29, 0.717) is 5.69 Å². The maximum Gasteiger partial charge on any atom is 0.360 e. The van der Waals surface area contributed by atoms with Crippen LogP contribution in [-0.4, -0.2) is 22.5 Å². The number of nitrogens with zero attached hydrogens (tertiary/aromatic N) is 1. The number of hydrazine groups is 1. The molecule has 2 unspecified atom stereocenters. The Bertz CT molecular complexity index is 1020. The van der Waals surface area contributed by atoms with E-state index in [9.17, 15) is 19.4 Å². The second-order valence-electron chi connectivity index (χ2n) is 6.22. The number of benzene rings is 2. The molecule has 7 nitrogen and oxygen atoms in total. The Hall–Kier alpha value is -2.32. The van der Waals surface area contributed by atoms with Crippen molar-refractivity contribution in [2.45, 2.75) is 12.8 Å². The maximum absolute atomic E-state index is 12.7. The van der Waals surface area contributed by atoms with Crippen LogP contribution in [0, 0.1) is 0 Å². The summed E-state index contributed by atoms with van der Waals surface area (Å²) in [5.74, 6) is 3.89. The second kappa shape index (κ2) is 9.00. The van der Waals surface area contributed by atoms with Crippen LogP contribution in [-0.2, 0) is 9.09 Å². The third kappa shape index (κ3) is 4.82. The topological polar surface area (TPSA) is 113 Å². The number of nitrogens with two attached hydrogens (primary N) is 1. The molecule has 0 saturated heterocycles. The van der Waals surface area contributed by atoms with E-state index in [1.165, 1.54) is 24.3 Å². The Morgan fingerprint density at radius 2 is 1.93 bits per heavy atom. The number of rotatable bonds is 7. The molecule has 2 atom stereocenters. The first-order valence-electron chi connectivity index (χ1n) is 8.80. The van der Waals surface area contributed by atoms with Gasteiger partial charge in [0.2, 0.25) is 0 Å². The van der Waals surface area contributed by atoms with Crippen LogP contribution in [0.4, 0.5) is 5.69 Å². The normalized spacial score (nSPS) is 14.2. The molecule has 0 radical (unpaired) electrons. The molecule has 1 aromatic heterocycles. The molecule has 1 heterocycles. The van der Waals surface area contributed by atoms with E-state index in [-0.39, 0.29) is 17.7 Å². The summed E-state index contributed by atoms with van der Waals surface area (Å²) >= 11 is 1.58. The van der Waals surface area contributed by atoms with Crippen LogP contribution in [0.15, 0.2) is 65.4 Å². The molecule has 4 N–H and O–H groups in total. The van der Waals surface area contributed by atoms with Gasteiger partial charge in [-0.1, -0.05) is 24.3 Å². The van der Waals surface area contributed by atoms with Gasteiger partial charge in [-0.2, -0.15) is 11.3 Å². The molecule has 0 aliphatic heterocycles. The average molecular weight is 432 g/mol. The van der Waals surface area contributed by atoms with E-state index >= 15 is 0 Å². The molecule has 0 bridgehead atoms. The number of aliphatic hydroxyl groups excluding tert-OH is 1. The lowest BCUT2D eigenvalue weighted by Gasteiger charge is -2.19. The van der Waals surface area contributed by atoms with Gasteiger partial charge < -0.3 is 14.5 Å². The summed E-state index contributed by atoms with van der Waals surface area (Å²) in [6.45, 7) is 1.55. The van der Waals surface area contributed by atoms with Gasteiger partial charge in [-0.3, -0.25) is 9.36 Å². The van der Waals surface area contributed by atoms with E-state index in [2.05, 4.69) is 0 Å². The van der Waals surface area contributed by atoms with Gasteiger partial charge in [-0.15, -0.1) is 0 Å². The van der Waals surface area contributed by atoms with Gasteiger partial charge in [0, 0.05) is 5.56 Å². The summed E-state index contributed by atoms with van der Waals surface area (Å²) in [5, 5.41) is 15.1. The highest BCUT2D eigenvalue weighted by molar-refractivity contribution is 7.53. The van der Waals surface area contributed by atoms with Crippen molar-refractivity contribution < 1.29 is 23.9 Å². The van der Waals surface area contributed by atoms with Crippen molar-refractivity contribution in [2.75, 3.05) is 11.6 Å². The molecule has 0 aliphatic carbocycles. The van der Waals surface area contributed by atoms with Crippen molar-refractivity contribution in [3.63, 3.8) is 0 Å². The van der Waals surface area contributed by atoms with Crippen molar-refractivity contribution in [3.05, 3.63) is 76.5 Å². The summed E-state index contributed by atoms with van der Waals surface area (Å²) in [6, 6.07) is 15.0. The fourth-order valence-electron chi connectivity index (χ4n) is 2.76. The zero-order valence-corrected chi connectivity index (χ0v) is 17.3. The molecule has 3 rings (SSSR count). The third-order valence-electron chi connectivity index (χ3n) is 4.28. The first-order valence-corrected chi connectivity index (χ1v) is 11.4. The first-order chi connectivity index (χ1) is 13.8. The second-order valence-corrected chi connectivity index (χ2v) is 8.87. The summed E-state index contributed by atoms with van der Waals surface area (Å²) < 4.78 is 16.7. The van der Waals surface area contributed by atoms with E-state index in [0.717, 1.165) is 16.1 Å². The van der Waals surface area contributed by atoms with Gasteiger partial charge in [-0.25, -0.2) is 10.9 Å². The lowest BCUT2D eigenvalue weighted by Crippen LogP contribution is -2.37. The summed E-state index contributed by atoms with van der Waals surface area (Å²) in [4.78, 5) is 22.5. The zero-order chi connectivity index (χ0) is 21.0. The Kier molecular flexibility index (Phi) is 6.64. The van der Waals surface area contributed by atoms with Crippen molar-refractivity contribution in [3.8, 4) is 11.1 Å². The van der Waals surface area contributed by atoms with Crippen LogP contribution in [0.1, 0.15) is 28.7 Å². The van der Waals surface area contributed by atoms with E-state index < -0.39 is 19.3 Å². The lowest BCUT2D eigenvalue weighted by atomic mass is 10.1. The van der Waals surface area contributed by atoms with Crippen molar-refractivity contribution in [1.82, 2.24) is 0 Å². The monoisotopic (exact) mass is 432 g/mol. The van der Waals surface area contributed by atoms with Crippen LogP contribution in [0.25, 0.3) is 11.1 Å². The highest BCUT2D eigenvalue weighted by Gasteiger charge is 2.31. The zero-order valence-electron chi connectivity index (χ0n) is 15.6. The molecular formula is C20H21N2O5PS. The Balaban J connectivity index is 1.78. The molecule has 29 heavy (non-hydrogen) atoms. The van der Waals surface area contributed by atoms with Gasteiger partial charge in [0.25, 0.3) is 5.91 Å². The number of amides is 1. The highest BCUT2D eigenvalue weighted by atomic mass is 32.1. The largest absolute Gasteiger partial charge is 0.376 e. The van der Waals surface area contributed by atoms with Gasteiger partial charge in [-0.05, 0) is 64.7 Å². The minimum atomic E-state index is -4.20. The maximum atomic E-state index is 12.7. The quantitative estimate of drug-likeness (QED) is 0.224. The van der Waals surface area contributed by atoms with Gasteiger partial charge in [0.15, 0.2) is 5.85 Å². The summed E-state index contributed by atoms with van der Waals surface area (Å²) in [6.07, 6.45) is 0. The first kappa shape index (κ1) is 21.4. The number of hydrogen-bond acceptors (Lipinski definition) is 6. The smallest absolute Gasteiger partial charge is 0.360 e. The molecule has 0 fully saturated rings. The number of carbonyl (C=O) groups is 1. The number of carbonyl (C=O) groups excluding carboxylic acids is 1. The average Bonchev–Trinajstić information content (AvgIpc) is 3.27. The molecule has 152 valence electrons. The number of thiophene rings is 1.